The van der Waals surface area contributed by atoms with Crippen LogP contribution >= 0.6 is 0 Å². The number of hydrogen-bond donors (Lipinski definition) is 3. The normalized spacial score (nSPS) is 12.0. The first-order valence-corrected chi connectivity index (χ1v) is 7.33. The molecule has 0 aliphatic carbocycles. The first kappa shape index (κ1) is 17.0. The van der Waals surface area contributed by atoms with Crippen LogP contribution in [0.4, 0.5) is 10.5 Å². The summed E-state index contributed by atoms with van der Waals surface area (Å²) in [6.07, 6.45) is 3.31. The highest BCUT2D eigenvalue weighted by atomic mass is 16.4. The second kappa shape index (κ2) is 8.29. The van der Waals surface area contributed by atoms with Crippen LogP contribution in [0.2, 0.25) is 0 Å². The van der Waals surface area contributed by atoms with E-state index in [1.54, 1.807) is 13.8 Å². The average molecular weight is 292 g/mol. The molecule has 0 spiro atoms. The molecule has 0 aromatic heterocycles. The van der Waals surface area contributed by atoms with E-state index in [-0.39, 0.29) is 5.92 Å². The van der Waals surface area contributed by atoms with Gasteiger partial charge in [-0.25, -0.2) is 9.59 Å². The minimum absolute atomic E-state index is 0.176. The van der Waals surface area contributed by atoms with Crippen molar-refractivity contribution in [1.29, 1.82) is 0 Å². The van der Waals surface area contributed by atoms with Gasteiger partial charge in [0.05, 0.1) is 0 Å². The first-order chi connectivity index (χ1) is 9.93. The fraction of sp³-hybridized carbons (Fsp3) is 0.500. The Morgan fingerprint density at radius 2 is 1.81 bits per heavy atom. The zero-order chi connectivity index (χ0) is 15.8. The molecule has 0 aliphatic rings. The summed E-state index contributed by atoms with van der Waals surface area (Å²) in [5.41, 5.74) is 1.88. The zero-order valence-electron chi connectivity index (χ0n) is 12.8. The Labute approximate surface area is 125 Å². The summed E-state index contributed by atoms with van der Waals surface area (Å²) in [6, 6.07) is 6.21. The highest BCUT2D eigenvalue weighted by molar-refractivity contribution is 5.92. The molecule has 116 valence electrons. The van der Waals surface area contributed by atoms with Gasteiger partial charge in [-0.05, 0) is 36.5 Å². The van der Waals surface area contributed by atoms with E-state index in [1.807, 2.05) is 24.3 Å². The largest absolute Gasteiger partial charge is 0.480 e. The molecule has 0 saturated heterocycles. The van der Waals surface area contributed by atoms with Crippen LogP contribution < -0.4 is 10.6 Å². The first-order valence-electron chi connectivity index (χ1n) is 7.33. The molecule has 0 aliphatic heterocycles. The molecule has 1 atom stereocenters. The molecule has 1 rings (SSSR count). The predicted molar refractivity (Wildman–Crippen MR) is 83.5 cm³/mol. The summed E-state index contributed by atoms with van der Waals surface area (Å²) in [7, 11) is 0. The summed E-state index contributed by atoms with van der Waals surface area (Å²) in [5.74, 6) is -1.21. The third-order valence-corrected chi connectivity index (χ3v) is 3.25. The summed E-state index contributed by atoms with van der Waals surface area (Å²) in [4.78, 5) is 22.8. The molecule has 0 saturated carbocycles. The van der Waals surface area contributed by atoms with Crippen molar-refractivity contribution < 1.29 is 14.7 Å². The number of carboxylic acid groups (broad SMARTS) is 1. The van der Waals surface area contributed by atoms with Gasteiger partial charge >= 0.3 is 12.0 Å². The van der Waals surface area contributed by atoms with Crippen LogP contribution in [-0.4, -0.2) is 23.1 Å². The maximum absolute atomic E-state index is 11.8. The zero-order valence-corrected chi connectivity index (χ0v) is 12.8. The molecular weight excluding hydrogens is 268 g/mol. The Balaban J connectivity index is 2.56. The summed E-state index contributed by atoms with van der Waals surface area (Å²) in [5, 5.41) is 14.2. The van der Waals surface area contributed by atoms with Gasteiger partial charge in [0.25, 0.3) is 0 Å². The third kappa shape index (κ3) is 5.85. The Morgan fingerprint density at radius 3 is 2.29 bits per heavy atom. The quantitative estimate of drug-likeness (QED) is 0.721. The van der Waals surface area contributed by atoms with Crippen molar-refractivity contribution in [3.05, 3.63) is 29.8 Å². The fourth-order valence-corrected chi connectivity index (χ4v) is 1.96. The van der Waals surface area contributed by atoms with E-state index in [0.29, 0.717) is 5.69 Å². The summed E-state index contributed by atoms with van der Waals surface area (Å²) < 4.78 is 0. The highest BCUT2D eigenvalue weighted by Gasteiger charge is 2.23. The van der Waals surface area contributed by atoms with Crippen LogP contribution in [0, 0.1) is 5.92 Å². The molecule has 3 N–H and O–H groups in total. The minimum atomic E-state index is -1.03. The average Bonchev–Trinajstić information content (AvgIpc) is 2.43. The van der Waals surface area contributed by atoms with Gasteiger partial charge in [0.1, 0.15) is 6.04 Å². The van der Waals surface area contributed by atoms with Crippen molar-refractivity contribution in [2.45, 2.75) is 46.1 Å². The number of amides is 2. The number of urea groups is 1. The van der Waals surface area contributed by atoms with E-state index in [1.165, 1.54) is 5.56 Å². The molecule has 0 radical (unpaired) electrons. The van der Waals surface area contributed by atoms with Gasteiger partial charge in [-0.2, -0.15) is 0 Å². The van der Waals surface area contributed by atoms with Gasteiger partial charge in [-0.1, -0.05) is 39.3 Å². The topological polar surface area (TPSA) is 78.4 Å². The number of unbranched alkanes of at least 4 members (excludes halogenated alkanes) is 1. The minimum Gasteiger partial charge on any atom is -0.480 e. The van der Waals surface area contributed by atoms with E-state index < -0.39 is 18.0 Å². The molecule has 1 aromatic rings. The number of carboxylic acids is 1. The van der Waals surface area contributed by atoms with Crippen LogP contribution in [-0.2, 0) is 11.2 Å². The van der Waals surface area contributed by atoms with Gasteiger partial charge in [0, 0.05) is 5.69 Å². The molecule has 21 heavy (non-hydrogen) atoms. The van der Waals surface area contributed by atoms with Crippen molar-refractivity contribution in [1.82, 2.24) is 5.32 Å². The lowest BCUT2D eigenvalue weighted by atomic mass is 10.1. The molecule has 1 aromatic carbocycles. The highest BCUT2D eigenvalue weighted by Crippen LogP contribution is 2.12. The standard InChI is InChI=1S/C16H24N2O3/c1-4-5-6-12-7-9-13(10-8-12)17-16(21)18-14(11(2)3)15(19)20/h7-11,14H,4-6H2,1-3H3,(H,19,20)(H2,17,18,21)/t14-/m1/s1. The number of benzene rings is 1. The number of rotatable bonds is 7. The van der Waals surface area contributed by atoms with Crippen LogP contribution in [0.5, 0.6) is 0 Å². The van der Waals surface area contributed by atoms with Crippen LogP contribution in [0.1, 0.15) is 39.2 Å². The maximum atomic E-state index is 11.8. The lowest BCUT2D eigenvalue weighted by Gasteiger charge is -2.18. The second-order valence-electron chi connectivity index (χ2n) is 5.46. The number of hydrogen-bond acceptors (Lipinski definition) is 2. The molecule has 0 unspecified atom stereocenters. The number of carbonyl (C=O) groups excluding carboxylic acids is 1. The van der Waals surface area contributed by atoms with E-state index in [4.69, 9.17) is 5.11 Å². The Bertz CT molecular complexity index is 469. The van der Waals surface area contributed by atoms with Crippen molar-refractivity contribution in [2.24, 2.45) is 5.92 Å². The monoisotopic (exact) mass is 292 g/mol. The third-order valence-electron chi connectivity index (χ3n) is 3.25. The van der Waals surface area contributed by atoms with Crippen LogP contribution in [0.3, 0.4) is 0 Å². The van der Waals surface area contributed by atoms with Crippen molar-refractivity contribution >= 4 is 17.7 Å². The number of nitrogens with one attached hydrogen (secondary N) is 2. The maximum Gasteiger partial charge on any atom is 0.326 e. The Morgan fingerprint density at radius 1 is 1.19 bits per heavy atom. The molecule has 5 nitrogen and oxygen atoms in total. The second-order valence-corrected chi connectivity index (χ2v) is 5.46. The van der Waals surface area contributed by atoms with Gasteiger partial charge < -0.3 is 15.7 Å². The van der Waals surface area contributed by atoms with Gasteiger partial charge in [0.15, 0.2) is 0 Å². The molecule has 0 heterocycles. The molecule has 0 bridgehead atoms. The van der Waals surface area contributed by atoms with E-state index >= 15 is 0 Å². The number of aryl methyl sites for hydroxylation is 1. The molecule has 0 fully saturated rings. The van der Waals surface area contributed by atoms with Crippen LogP contribution in [0.25, 0.3) is 0 Å². The Hall–Kier alpha value is -2.04. The predicted octanol–water partition coefficient (Wildman–Crippen LogP) is 3.26. The SMILES string of the molecule is CCCCc1ccc(NC(=O)N[C@@H](C(=O)O)C(C)C)cc1. The lowest BCUT2D eigenvalue weighted by Crippen LogP contribution is -2.46. The van der Waals surface area contributed by atoms with Gasteiger partial charge in [0.2, 0.25) is 0 Å². The Kier molecular flexibility index (Phi) is 6.72. The van der Waals surface area contributed by atoms with Gasteiger partial charge in [-0.15, -0.1) is 0 Å². The van der Waals surface area contributed by atoms with E-state index in [0.717, 1.165) is 19.3 Å². The van der Waals surface area contributed by atoms with E-state index in [9.17, 15) is 9.59 Å². The van der Waals surface area contributed by atoms with Crippen molar-refractivity contribution in [2.75, 3.05) is 5.32 Å². The summed E-state index contributed by atoms with van der Waals surface area (Å²) in [6.45, 7) is 5.65. The lowest BCUT2D eigenvalue weighted by molar-refractivity contribution is -0.140. The molecular formula is C16H24N2O3. The molecule has 2 amide bonds. The fourth-order valence-electron chi connectivity index (χ4n) is 1.96. The van der Waals surface area contributed by atoms with E-state index in [2.05, 4.69) is 17.6 Å². The van der Waals surface area contributed by atoms with Gasteiger partial charge in [-0.3, -0.25) is 0 Å². The summed E-state index contributed by atoms with van der Waals surface area (Å²) >= 11 is 0. The van der Waals surface area contributed by atoms with Crippen molar-refractivity contribution in [3.8, 4) is 0 Å². The number of aliphatic carboxylic acids is 1. The smallest absolute Gasteiger partial charge is 0.326 e. The number of anilines is 1. The number of carbonyl (C=O) groups is 2. The van der Waals surface area contributed by atoms with Crippen molar-refractivity contribution in [3.63, 3.8) is 0 Å². The molecule has 5 heteroatoms. The van der Waals surface area contributed by atoms with Crippen LogP contribution in [0.15, 0.2) is 24.3 Å².